The number of hydrogen-bond acceptors (Lipinski definition) is 6. The molecule has 0 aliphatic carbocycles. The Morgan fingerprint density at radius 3 is 2.60 bits per heavy atom. The number of nitrogens with zero attached hydrogens (tertiary/aromatic N) is 2. The summed E-state index contributed by atoms with van der Waals surface area (Å²) in [6.45, 7) is 3.63. The highest BCUT2D eigenvalue weighted by Gasteiger charge is 2.37. The molecule has 1 aromatic heterocycles. The zero-order chi connectivity index (χ0) is 22.5. The molecule has 30 heavy (non-hydrogen) atoms. The number of amides is 1. The van der Waals surface area contributed by atoms with Crippen LogP contribution in [0.1, 0.15) is 44.4 Å². The third-order valence-electron chi connectivity index (χ3n) is 4.78. The van der Waals surface area contributed by atoms with Crippen LogP contribution in [0.3, 0.4) is 0 Å². The first-order valence-electron chi connectivity index (χ1n) is 9.56. The molecule has 1 atom stereocenters. The summed E-state index contributed by atoms with van der Waals surface area (Å²) in [5, 5.41) is 3.08. The number of carbonyl (C=O) groups is 2. The topological polar surface area (TPSA) is 81.9 Å². The Bertz CT molecular complexity index is 894. The Labute approximate surface area is 172 Å². The van der Waals surface area contributed by atoms with Gasteiger partial charge < -0.3 is 18.9 Å². The first-order valence-corrected chi connectivity index (χ1v) is 9.56. The normalized spacial score (nSPS) is 12.6. The zero-order valence-corrected chi connectivity index (χ0v) is 17.3. The lowest BCUT2D eigenvalue weighted by molar-refractivity contribution is -0.151. The van der Waals surface area contributed by atoms with Crippen molar-refractivity contribution in [3.05, 3.63) is 23.4 Å². The number of fused-ring (bicyclic) bond motifs is 1. The van der Waals surface area contributed by atoms with Crippen LogP contribution < -0.4 is 4.74 Å². The summed E-state index contributed by atoms with van der Waals surface area (Å²) in [7, 11) is 2.77. The lowest BCUT2D eigenvalue weighted by Crippen LogP contribution is -2.40. The van der Waals surface area contributed by atoms with E-state index < -0.39 is 23.9 Å². The molecule has 166 valence electrons. The van der Waals surface area contributed by atoms with Crippen LogP contribution in [0.2, 0.25) is 0 Å². The van der Waals surface area contributed by atoms with Crippen molar-refractivity contribution in [3.63, 3.8) is 0 Å². The van der Waals surface area contributed by atoms with Gasteiger partial charge in [-0.2, -0.15) is 13.2 Å². The first-order chi connectivity index (χ1) is 14.1. The number of aryl methyl sites for hydroxylation is 1. The number of benzene rings is 1. The van der Waals surface area contributed by atoms with E-state index in [1.807, 2.05) is 6.92 Å². The van der Waals surface area contributed by atoms with E-state index in [0.717, 1.165) is 0 Å². The smallest absolute Gasteiger partial charge is 0.437 e. The summed E-state index contributed by atoms with van der Waals surface area (Å²) in [5.74, 6) is -0.353. The lowest BCUT2D eigenvalue weighted by atomic mass is 10.0. The Hall–Kier alpha value is -2.78. The highest BCUT2D eigenvalue weighted by Crippen LogP contribution is 2.38. The van der Waals surface area contributed by atoms with Gasteiger partial charge in [0, 0.05) is 19.0 Å². The number of methoxy groups -OCH3 is 1. The van der Waals surface area contributed by atoms with Crippen LogP contribution in [-0.2, 0) is 26.9 Å². The van der Waals surface area contributed by atoms with Gasteiger partial charge in [-0.25, -0.2) is 4.79 Å². The average molecular weight is 430 g/mol. The van der Waals surface area contributed by atoms with Crippen molar-refractivity contribution >= 4 is 22.8 Å². The van der Waals surface area contributed by atoms with Crippen molar-refractivity contribution in [3.8, 4) is 5.75 Å². The van der Waals surface area contributed by atoms with Crippen LogP contribution >= 0.6 is 0 Å². The van der Waals surface area contributed by atoms with Gasteiger partial charge in [-0.05, 0) is 31.9 Å². The number of hydrogen-bond donors (Lipinski definition) is 0. The van der Waals surface area contributed by atoms with Gasteiger partial charge in [0.05, 0.1) is 19.1 Å². The van der Waals surface area contributed by atoms with Gasteiger partial charge in [0.1, 0.15) is 11.8 Å². The highest BCUT2D eigenvalue weighted by atomic mass is 19.4. The van der Waals surface area contributed by atoms with Gasteiger partial charge in [-0.15, -0.1) is 0 Å². The minimum atomic E-state index is -4.61. The molecule has 1 amide bonds. The van der Waals surface area contributed by atoms with Gasteiger partial charge in [-0.1, -0.05) is 18.5 Å². The predicted octanol–water partition coefficient (Wildman–Crippen LogP) is 3.98. The van der Waals surface area contributed by atoms with Crippen molar-refractivity contribution < 1.29 is 36.8 Å². The number of rotatable bonds is 9. The molecular formula is C20H25F3N2O5. The Kier molecular flexibility index (Phi) is 7.69. The summed E-state index contributed by atoms with van der Waals surface area (Å²) in [6.07, 6.45) is -2.97. The van der Waals surface area contributed by atoms with Gasteiger partial charge in [0.25, 0.3) is 0 Å². The summed E-state index contributed by atoms with van der Waals surface area (Å²) < 4.78 is 54.5. The van der Waals surface area contributed by atoms with E-state index in [1.54, 1.807) is 6.92 Å². The molecule has 2 aromatic rings. The molecule has 0 N–H and O–H groups in total. The van der Waals surface area contributed by atoms with E-state index in [-0.39, 0.29) is 29.9 Å². The molecule has 0 spiro atoms. The third-order valence-corrected chi connectivity index (χ3v) is 4.78. The fourth-order valence-corrected chi connectivity index (χ4v) is 2.99. The van der Waals surface area contributed by atoms with Gasteiger partial charge in [0.15, 0.2) is 11.3 Å². The third kappa shape index (κ3) is 5.22. The van der Waals surface area contributed by atoms with E-state index >= 15 is 0 Å². The van der Waals surface area contributed by atoms with Crippen molar-refractivity contribution in [2.24, 2.45) is 0 Å². The van der Waals surface area contributed by atoms with E-state index in [9.17, 15) is 22.8 Å². The van der Waals surface area contributed by atoms with Crippen LogP contribution in [-0.4, -0.2) is 48.7 Å². The zero-order valence-electron chi connectivity index (χ0n) is 17.3. The number of halogens is 3. The highest BCUT2D eigenvalue weighted by molar-refractivity contribution is 5.85. The second kappa shape index (κ2) is 9.82. The molecule has 0 aliphatic rings. The summed E-state index contributed by atoms with van der Waals surface area (Å²) >= 11 is 0. The minimum Gasteiger partial charge on any atom is -0.493 e. The van der Waals surface area contributed by atoms with Crippen LogP contribution in [0.4, 0.5) is 13.2 Å². The first kappa shape index (κ1) is 23.5. The molecule has 0 bridgehead atoms. The molecule has 0 radical (unpaired) electrons. The second-order valence-electron chi connectivity index (χ2n) is 6.85. The van der Waals surface area contributed by atoms with Crippen molar-refractivity contribution in [1.82, 2.24) is 10.1 Å². The molecule has 1 heterocycles. The van der Waals surface area contributed by atoms with Crippen LogP contribution in [0.15, 0.2) is 16.7 Å². The van der Waals surface area contributed by atoms with Crippen molar-refractivity contribution in [2.45, 2.75) is 51.7 Å². The number of likely N-dealkylation sites (N-methyl/N-ethyl adjacent to an activating group) is 1. The molecular weight excluding hydrogens is 405 g/mol. The molecule has 0 saturated heterocycles. The Morgan fingerprint density at radius 2 is 2.00 bits per heavy atom. The average Bonchev–Trinajstić information content (AvgIpc) is 3.15. The second-order valence-corrected chi connectivity index (χ2v) is 6.85. The lowest BCUT2D eigenvalue weighted by Gasteiger charge is -2.22. The van der Waals surface area contributed by atoms with Crippen LogP contribution in [0, 0.1) is 0 Å². The molecule has 10 heteroatoms. The standard InChI is InChI=1S/C20H25F3N2O5/c1-5-7-13-15(10-9-14-17(13)30-24-18(14)20(21,22)23)29-11-6-8-16(26)25(3)12(2)19(27)28-4/h9-10,12H,5-8,11H2,1-4H3/t12-/m1/s1. The maximum atomic E-state index is 13.1. The molecule has 0 unspecified atom stereocenters. The molecule has 0 fully saturated rings. The van der Waals surface area contributed by atoms with Gasteiger partial charge >= 0.3 is 12.1 Å². The summed E-state index contributed by atoms with van der Waals surface area (Å²) in [6, 6.07) is 2.05. The predicted molar refractivity (Wildman–Crippen MR) is 102 cm³/mol. The van der Waals surface area contributed by atoms with E-state index in [2.05, 4.69) is 9.89 Å². The molecule has 0 aliphatic heterocycles. The van der Waals surface area contributed by atoms with Crippen molar-refractivity contribution in [2.75, 3.05) is 20.8 Å². The number of aromatic nitrogens is 1. The molecule has 0 saturated carbocycles. The fourth-order valence-electron chi connectivity index (χ4n) is 2.99. The molecule has 7 nitrogen and oxygen atoms in total. The number of alkyl halides is 3. The molecule has 1 aromatic carbocycles. The van der Waals surface area contributed by atoms with E-state index in [0.29, 0.717) is 30.6 Å². The van der Waals surface area contributed by atoms with E-state index in [1.165, 1.54) is 31.2 Å². The quantitative estimate of drug-likeness (QED) is 0.442. The van der Waals surface area contributed by atoms with Crippen LogP contribution in [0.5, 0.6) is 5.75 Å². The number of ether oxygens (including phenoxy) is 2. The van der Waals surface area contributed by atoms with Gasteiger partial charge in [-0.3, -0.25) is 4.79 Å². The number of carbonyl (C=O) groups excluding carboxylic acids is 2. The number of esters is 1. The summed E-state index contributed by atoms with van der Waals surface area (Å²) in [5.41, 5.74) is -0.486. The Morgan fingerprint density at radius 1 is 1.30 bits per heavy atom. The van der Waals surface area contributed by atoms with Gasteiger partial charge in [0.2, 0.25) is 5.91 Å². The maximum Gasteiger partial charge on any atom is 0.437 e. The molecule has 2 rings (SSSR count). The monoisotopic (exact) mass is 430 g/mol. The SMILES string of the molecule is CCCc1c(OCCCC(=O)N(C)[C@H](C)C(=O)OC)ccc2c(C(F)(F)F)noc12. The van der Waals surface area contributed by atoms with Crippen LogP contribution in [0.25, 0.3) is 11.0 Å². The maximum absolute atomic E-state index is 13.1. The fraction of sp³-hybridized carbons (Fsp3) is 0.550. The van der Waals surface area contributed by atoms with Crippen molar-refractivity contribution in [1.29, 1.82) is 0 Å². The Balaban J connectivity index is 2.05. The largest absolute Gasteiger partial charge is 0.493 e. The van der Waals surface area contributed by atoms with E-state index in [4.69, 9.17) is 9.26 Å². The minimum absolute atomic E-state index is 0.0596. The summed E-state index contributed by atoms with van der Waals surface area (Å²) in [4.78, 5) is 25.0.